The highest BCUT2D eigenvalue weighted by Crippen LogP contribution is 2.18. The SMILES string of the molecule is CNCC(O)C(O)c1cccc(N)c1. The number of nitrogens with two attached hydrogens (primary N) is 1. The summed E-state index contributed by atoms with van der Waals surface area (Å²) < 4.78 is 0. The fourth-order valence-corrected chi connectivity index (χ4v) is 1.29. The summed E-state index contributed by atoms with van der Waals surface area (Å²) in [7, 11) is 1.72. The second kappa shape index (κ2) is 4.95. The van der Waals surface area contributed by atoms with E-state index in [4.69, 9.17) is 5.73 Å². The molecular formula is C10H16N2O2. The van der Waals surface area contributed by atoms with Crippen LogP contribution in [-0.2, 0) is 0 Å². The van der Waals surface area contributed by atoms with Gasteiger partial charge in [-0.15, -0.1) is 0 Å². The lowest BCUT2D eigenvalue weighted by Crippen LogP contribution is -2.29. The van der Waals surface area contributed by atoms with E-state index < -0.39 is 12.2 Å². The number of nitrogens with one attached hydrogen (secondary N) is 1. The van der Waals surface area contributed by atoms with Crippen LogP contribution in [0.5, 0.6) is 0 Å². The number of anilines is 1. The Morgan fingerprint density at radius 1 is 1.43 bits per heavy atom. The Hall–Kier alpha value is -1.10. The number of nitrogen functional groups attached to an aromatic ring is 1. The van der Waals surface area contributed by atoms with Gasteiger partial charge in [-0.3, -0.25) is 0 Å². The second-order valence-corrected chi connectivity index (χ2v) is 3.24. The number of benzene rings is 1. The summed E-state index contributed by atoms with van der Waals surface area (Å²) in [4.78, 5) is 0. The molecule has 0 aromatic heterocycles. The Kier molecular flexibility index (Phi) is 3.88. The molecule has 0 heterocycles. The lowest BCUT2D eigenvalue weighted by Gasteiger charge is -2.17. The zero-order chi connectivity index (χ0) is 10.6. The molecule has 5 N–H and O–H groups in total. The topological polar surface area (TPSA) is 78.5 Å². The molecule has 0 fully saturated rings. The number of hydrogen-bond acceptors (Lipinski definition) is 4. The first-order valence-corrected chi connectivity index (χ1v) is 4.51. The van der Waals surface area contributed by atoms with Gasteiger partial charge in [0, 0.05) is 12.2 Å². The Bertz CT molecular complexity index is 291. The van der Waals surface area contributed by atoms with Crippen molar-refractivity contribution in [3.8, 4) is 0 Å². The number of rotatable bonds is 4. The van der Waals surface area contributed by atoms with Crippen LogP contribution in [0.1, 0.15) is 11.7 Å². The first kappa shape index (κ1) is 11.0. The average molecular weight is 196 g/mol. The highest BCUT2D eigenvalue weighted by molar-refractivity contribution is 5.41. The molecule has 4 nitrogen and oxygen atoms in total. The molecule has 4 heteroatoms. The van der Waals surface area contributed by atoms with Gasteiger partial charge in [0.1, 0.15) is 6.10 Å². The van der Waals surface area contributed by atoms with Crippen molar-refractivity contribution in [1.82, 2.24) is 5.32 Å². The molecule has 1 aromatic rings. The van der Waals surface area contributed by atoms with Crippen LogP contribution in [0.3, 0.4) is 0 Å². The molecular weight excluding hydrogens is 180 g/mol. The largest absolute Gasteiger partial charge is 0.399 e. The van der Waals surface area contributed by atoms with Gasteiger partial charge in [0.25, 0.3) is 0 Å². The summed E-state index contributed by atoms with van der Waals surface area (Å²) in [6.07, 6.45) is -1.72. The van der Waals surface area contributed by atoms with E-state index in [0.717, 1.165) is 0 Å². The third-order valence-electron chi connectivity index (χ3n) is 2.03. The van der Waals surface area contributed by atoms with Gasteiger partial charge in [-0.2, -0.15) is 0 Å². The van der Waals surface area contributed by atoms with E-state index >= 15 is 0 Å². The maximum Gasteiger partial charge on any atom is 0.106 e. The molecule has 1 aromatic carbocycles. The summed E-state index contributed by atoms with van der Waals surface area (Å²) in [6.45, 7) is 0.343. The number of aliphatic hydroxyl groups excluding tert-OH is 2. The standard InChI is InChI=1S/C10H16N2O2/c1-12-6-9(13)10(14)7-3-2-4-8(11)5-7/h2-5,9-10,12-14H,6,11H2,1H3. The van der Waals surface area contributed by atoms with Crippen molar-refractivity contribution in [2.45, 2.75) is 12.2 Å². The zero-order valence-corrected chi connectivity index (χ0v) is 8.14. The monoisotopic (exact) mass is 196 g/mol. The maximum atomic E-state index is 9.70. The summed E-state index contributed by atoms with van der Waals surface area (Å²) in [5, 5.41) is 22.0. The fourth-order valence-electron chi connectivity index (χ4n) is 1.29. The first-order chi connectivity index (χ1) is 6.65. The van der Waals surface area contributed by atoms with Gasteiger partial charge in [-0.1, -0.05) is 12.1 Å². The van der Waals surface area contributed by atoms with Crippen LogP contribution < -0.4 is 11.1 Å². The minimum absolute atomic E-state index is 0.343. The minimum atomic E-state index is -0.897. The van der Waals surface area contributed by atoms with Crippen LogP contribution in [0.25, 0.3) is 0 Å². The van der Waals surface area contributed by atoms with Crippen molar-refractivity contribution >= 4 is 5.69 Å². The molecule has 0 amide bonds. The van der Waals surface area contributed by atoms with E-state index in [1.165, 1.54) is 0 Å². The first-order valence-electron chi connectivity index (χ1n) is 4.51. The van der Waals surface area contributed by atoms with Gasteiger partial charge in [0.2, 0.25) is 0 Å². The zero-order valence-electron chi connectivity index (χ0n) is 8.14. The van der Waals surface area contributed by atoms with Crippen molar-refractivity contribution in [3.05, 3.63) is 29.8 Å². The minimum Gasteiger partial charge on any atom is -0.399 e. The summed E-state index contributed by atoms with van der Waals surface area (Å²) >= 11 is 0. The third-order valence-corrected chi connectivity index (χ3v) is 2.03. The van der Waals surface area contributed by atoms with Crippen LogP contribution in [0, 0.1) is 0 Å². The smallest absolute Gasteiger partial charge is 0.106 e. The molecule has 0 aliphatic heterocycles. The van der Waals surface area contributed by atoms with Crippen molar-refractivity contribution in [3.63, 3.8) is 0 Å². The van der Waals surface area contributed by atoms with Crippen LogP contribution >= 0.6 is 0 Å². The molecule has 0 saturated heterocycles. The van der Waals surface area contributed by atoms with Crippen LogP contribution in [-0.4, -0.2) is 29.9 Å². The average Bonchev–Trinajstić information content (AvgIpc) is 2.17. The van der Waals surface area contributed by atoms with Gasteiger partial charge >= 0.3 is 0 Å². The molecule has 14 heavy (non-hydrogen) atoms. The molecule has 0 saturated carbocycles. The van der Waals surface area contributed by atoms with E-state index in [1.807, 2.05) is 0 Å². The molecule has 78 valence electrons. The summed E-state index contributed by atoms with van der Waals surface area (Å²) in [5.41, 5.74) is 6.78. The van der Waals surface area contributed by atoms with Crippen molar-refractivity contribution in [2.24, 2.45) is 0 Å². The highest BCUT2D eigenvalue weighted by Gasteiger charge is 2.17. The Morgan fingerprint density at radius 2 is 2.14 bits per heavy atom. The van der Waals surface area contributed by atoms with Crippen molar-refractivity contribution in [1.29, 1.82) is 0 Å². The molecule has 1 rings (SSSR count). The molecule has 0 spiro atoms. The maximum absolute atomic E-state index is 9.70. The van der Waals surface area contributed by atoms with Crippen molar-refractivity contribution < 1.29 is 10.2 Å². The molecule has 0 aliphatic rings. The van der Waals surface area contributed by atoms with Gasteiger partial charge in [-0.05, 0) is 24.7 Å². The van der Waals surface area contributed by atoms with E-state index in [1.54, 1.807) is 31.3 Å². The van der Waals surface area contributed by atoms with E-state index in [2.05, 4.69) is 5.32 Å². The van der Waals surface area contributed by atoms with E-state index in [-0.39, 0.29) is 0 Å². The van der Waals surface area contributed by atoms with Crippen molar-refractivity contribution in [2.75, 3.05) is 19.3 Å². The number of likely N-dealkylation sites (N-methyl/N-ethyl adjacent to an activating group) is 1. The predicted molar refractivity (Wildman–Crippen MR) is 55.7 cm³/mol. The lowest BCUT2D eigenvalue weighted by molar-refractivity contribution is 0.0203. The molecule has 0 radical (unpaired) electrons. The van der Waals surface area contributed by atoms with Gasteiger partial charge < -0.3 is 21.3 Å². The normalized spacial score (nSPS) is 15.1. The van der Waals surface area contributed by atoms with Crippen LogP contribution in [0.15, 0.2) is 24.3 Å². The Morgan fingerprint density at radius 3 is 2.71 bits per heavy atom. The van der Waals surface area contributed by atoms with E-state index in [0.29, 0.717) is 17.8 Å². The fraction of sp³-hybridized carbons (Fsp3) is 0.400. The second-order valence-electron chi connectivity index (χ2n) is 3.24. The van der Waals surface area contributed by atoms with E-state index in [9.17, 15) is 10.2 Å². The number of hydrogen-bond donors (Lipinski definition) is 4. The van der Waals surface area contributed by atoms with Crippen LogP contribution in [0.2, 0.25) is 0 Å². The Balaban J connectivity index is 2.73. The summed E-state index contributed by atoms with van der Waals surface area (Å²) in [5.74, 6) is 0. The predicted octanol–water partition coefficient (Wildman–Crippen LogP) is -0.118. The highest BCUT2D eigenvalue weighted by atomic mass is 16.3. The molecule has 0 bridgehead atoms. The van der Waals surface area contributed by atoms with Gasteiger partial charge in [0.15, 0.2) is 0 Å². The third kappa shape index (κ3) is 2.70. The molecule has 2 atom stereocenters. The van der Waals surface area contributed by atoms with Gasteiger partial charge in [0.05, 0.1) is 6.10 Å². The molecule has 2 unspecified atom stereocenters. The quantitative estimate of drug-likeness (QED) is 0.506. The number of aliphatic hydroxyl groups is 2. The summed E-state index contributed by atoms with van der Waals surface area (Å²) in [6, 6.07) is 6.88. The van der Waals surface area contributed by atoms with Crippen LogP contribution in [0.4, 0.5) is 5.69 Å². The Labute approximate surface area is 83.4 Å². The lowest BCUT2D eigenvalue weighted by atomic mass is 10.0. The molecule has 0 aliphatic carbocycles. The van der Waals surface area contributed by atoms with Gasteiger partial charge in [-0.25, -0.2) is 0 Å².